The Hall–Kier alpha value is -2.09. The van der Waals surface area contributed by atoms with Gasteiger partial charge in [-0.1, -0.05) is 0 Å². The van der Waals surface area contributed by atoms with E-state index in [4.69, 9.17) is 11.6 Å². The number of nitrogens with one attached hydrogen (secondary N) is 2. The number of nitrogens with two attached hydrogens (primary N) is 2. The van der Waals surface area contributed by atoms with Crippen LogP contribution >= 0.6 is 0 Å². The average molecular weight is 240 g/mol. The minimum absolute atomic E-state index is 0.170. The van der Waals surface area contributed by atoms with Crippen LogP contribution in [0.2, 0.25) is 0 Å². The van der Waals surface area contributed by atoms with E-state index < -0.39 is 6.09 Å². The third-order valence-electron chi connectivity index (χ3n) is 2.03. The molecule has 0 bridgehead atoms. The van der Waals surface area contributed by atoms with E-state index in [1.54, 1.807) is 6.92 Å². The Balaban J connectivity index is 2.64. The van der Waals surface area contributed by atoms with Crippen LogP contribution in [-0.2, 0) is 4.74 Å². The first kappa shape index (κ1) is 13.0. The van der Waals surface area contributed by atoms with Crippen molar-refractivity contribution in [1.82, 2.24) is 9.97 Å². The molecule has 6 N–H and O–H groups in total. The molecule has 0 saturated carbocycles. The highest BCUT2D eigenvalue weighted by Crippen LogP contribution is 2.18. The van der Waals surface area contributed by atoms with Gasteiger partial charge in [-0.15, -0.1) is 0 Å². The third-order valence-corrected chi connectivity index (χ3v) is 2.03. The monoisotopic (exact) mass is 240 g/mol. The number of rotatable bonds is 5. The lowest BCUT2D eigenvalue weighted by atomic mass is 10.3. The second kappa shape index (κ2) is 5.85. The Morgan fingerprint density at radius 3 is 2.59 bits per heavy atom. The fraction of sp³-hybridized carbons (Fsp3) is 0.444. The first-order chi connectivity index (χ1) is 8.04. The summed E-state index contributed by atoms with van der Waals surface area (Å²) in [5, 5.41) is 3.00. The van der Waals surface area contributed by atoms with Gasteiger partial charge in [0.15, 0.2) is 0 Å². The molecule has 94 valence electrons. The summed E-state index contributed by atoms with van der Waals surface area (Å²) in [6.45, 7) is 4.16. The van der Waals surface area contributed by atoms with Crippen LogP contribution in [0.4, 0.5) is 16.4 Å². The molecule has 1 aromatic heterocycles. The summed E-state index contributed by atoms with van der Waals surface area (Å²) in [7, 11) is 0. The molecule has 0 fully saturated rings. The summed E-state index contributed by atoms with van der Waals surface area (Å²) < 4.78 is 4.58. The topological polar surface area (TPSA) is 128 Å². The number of aromatic nitrogens is 2. The predicted molar refractivity (Wildman–Crippen MR) is 63.3 cm³/mol. The van der Waals surface area contributed by atoms with Crippen LogP contribution in [0.5, 0.6) is 0 Å². The molecule has 1 rings (SSSR count). The van der Waals surface area contributed by atoms with Crippen molar-refractivity contribution in [2.45, 2.75) is 13.8 Å². The fourth-order valence-corrected chi connectivity index (χ4v) is 1.26. The standard InChI is InChI=1S/C9H16N6O2/c1-5-7(12-3-4-17-9(10)16)13-6(2)14-8(5)15-11/h3-4,11H2,1-2H3,(H2,10,16)(H2,12,13,14,15). The Bertz CT molecular complexity index is 409. The molecule has 0 aliphatic carbocycles. The van der Waals surface area contributed by atoms with E-state index in [-0.39, 0.29) is 6.61 Å². The number of amides is 1. The van der Waals surface area contributed by atoms with Crippen LogP contribution in [0.3, 0.4) is 0 Å². The summed E-state index contributed by atoms with van der Waals surface area (Å²) >= 11 is 0. The van der Waals surface area contributed by atoms with Crippen molar-refractivity contribution in [2.24, 2.45) is 11.6 Å². The zero-order valence-electron chi connectivity index (χ0n) is 9.78. The van der Waals surface area contributed by atoms with Gasteiger partial charge in [0.25, 0.3) is 0 Å². The van der Waals surface area contributed by atoms with Crippen LogP contribution < -0.4 is 22.3 Å². The number of carbonyl (C=O) groups is 1. The van der Waals surface area contributed by atoms with Gasteiger partial charge in [0.05, 0.1) is 6.54 Å². The van der Waals surface area contributed by atoms with Crippen molar-refractivity contribution in [1.29, 1.82) is 0 Å². The maximum atomic E-state index is 10.4. The molecule has 8 heteroatoms. The summed E-state index contributed by atoms with van der Waals surface area (Å²) in [6, 6.07) is 0. The molecule has 0 aliphatic rings. The van der Waals surface area contributed by atoms with E-state index in [0.717, 1.165) is 5.56 Å². The first-order valence-electron chi connectivity index (χ1n) is 5.02. The Morgan fingerprint density at radius 1 is 1.35 bits per heavy atom. The molecule has 1 amide bonds. The van der Waals surface area contributed by atoms with Crippen molar-refractivity contribution >= 4 is 17.7 Å². The molecule has 0 radical (unpaired) electrons. The van der Waals surface area contributed by atoms with Crippen LogP contribution in [0.25, 0.3) is 0 Å². The van der Waals surface area contributed by atoms with Crippen molar-refractivity contribution < 1.29 is 9.53 Å². The van der Waals surface area contributed by atoms with Gasteiger partial charge in [0.2, 0.25) is 0 Å². The molecule has 0 spiro atoms. The quantitative estimate of drug-likeness (QED) is 0.321. The number of ether oxygens (including phenoxy) is 1. The average Bonchev–Trinajstić information content (AvgIpc) is 2.28. The molecule has 1 aromatic rings. The van der Waals surface area contributed by atoms with E-state index >= 15 is 0 Å². The predicted octanol–water partition coefficient (Wildman–Crippen LogP) is -0.114. The third kappa shape index (κ3) is 3.76. The SMILES string of the molecule is Cc1nc(NN)c(C)c(NCCOC(N)=O)n1. The van der Waals surface area contributed by atoms with Crippen molar-refractivity contribution in [3.05, 3.63) is 11.4 Å². The number of hydrazine groups is 1. The minimum Gasteiger partial charge on any atom is -0.448 e. The van der Waals surface area contributed by atoms with E-state index in [9.17, 15) is 4.79 Å². The van der Waals surface area contributed by atoms with Gasteiger partial charge in [-0.05, 0) is 13.8 Å². The van der Waals surface area contributed by atoms with Gasteiger partial charge in [0.1, 0.15) is 24.1 Å². The van der Waals surface area contributed by atoms with Crippen molar-refractivity contribution in [3.63, 3.8) is 0 Å². The highest BCUT2D eigenvalue weighted by atomic mass is 16.5. The Labute approximate surface area is 98.7 Å². The number of primary amides is 1. The molecule has 0 aromatic carbocycles. The van der Waals surface area contributed by atoms with Gasteiger partial charge in [-0.2, -0.15) is 0 Å². The highest BCUT2D eigenvalue weighted by Gasteiger charge is 2.07. The molecule has 0 unspecified atom stereocenters. The van der Waals surface area contributed by atoms with Crippen LogP contribution in [0.15, 0.2) is 0 Å². The number of nitrogens with zero attached hydrogens (tertiary/aromatic N) is 2. The number of hydrogen-bond acceptors (Lipinski definition) is 7. The zero-order chi connectivity index (χ0) is 12.8. The molecule has 0 aliphatic heterocycles. The summed E-state index contributed by atoms with van der Waals surface area (Å²) in [6.07, 6.45) is -0.799. The lowest BCUT2D eigenvalue weighted by Gasteiger charge is -2.12. The number of anilines is 2. The van der Waals surface area contributed by atoms with E-state index in [1.807, 2.05) is 6.92 Å². The largest absolute Gasteiger partial charge is 0.448 e. The van der Waals surface area contributed by atoms with E-state index in [2.05, 4.69) is 25.4 Å². The Morgan fingerprint density at radius 2 is 2.00 bits per heavy atom. The van der Waals surface area contributed by atoms with Gasteiger partial charge in [0, 0.05) is 5.56 Å². The lowest BCUT2D eigenvalue weighted by molar-refractivity contribution is 0.161. The summed E-state index contributed by atoms with van der Waals surface area (Å²) in [5.41, 5.74) is 8.11. The molecule has 1 heterocycles. The fourth-order valence-electron chi connectivity index (χ4n) is 1.26. The van der Waals surface area contributed by atoms with Crippen molar-refractivity contribution in [3.8, 4) is 0 Å². The van der Waals surface area contributed by atoms with Gasteiger partial charge in [-0.25, -0.2) is 20.6 Å². The van der Waals surface area contributed by atoms with Gasteiger partial charge >= 0.3 is 6.09 Å². The number of aryl methyl sites for hydroxylation is 1. The van der Waals surface area contributed by atoms with Crippen LogP contribution in [-0.4, -0.2) is 29.2 Å². The molecular formula is C9H16N6O2. The number of nitrogen functional groups attached to an aromatic ring is 1. The number of carbonyl (C=O) groups excluding carboxylic acids is 1. The zero-order valence-corrected chi connectivity index (χ0v) is 9.78. The molecule has 0 atom stereocenters. The van der Waals surface area contributed by atoms with E-state index in [1.165, 1.54) is 0 Å². The summed E-state index contributed by atoms with van der Waals surface area (Å²) in [4.78, 5) is 18.7. The van der Waals surface area contributed by atoms with E-state index in [0.29, 0.717) is 24.0 Å². The number of hydrogen-bond donors (Lipinski definition) is 4. The molecule has 0 saturated heterocycles. The molecular weight excluding hydrogens is 224 g/mol. The summed E-state index contributed by atoms with van der Waals surface area (Å²) in [5.74, 6) is 7.10. The highest BCUT2D eigenvalue weighted by molar-refractivity contribution is 5.64. The smallest absolute Gasteiger partial charge is 0.404 e. The maximum absolute atomic E-state index is 10.4. The second-order valence-corrected chi connectivity index (χ2v) is 3.33. The molecule has 8 nitrogen and oxygen atoms in total. The first-order valence-corrected chi connectivity index (χ1v) is 5.02. The lowest BCUT2D eigenvalue weighted by Crippen LogP contribution is -2.20. The van der Waals surface area contributed by atoms with Crippen LogP contribution in [0, 0.1) is 13.8 Å². The minimum atomic E-state index is -0.799. The van der Waals surface area contributed by atoms with Crippen molar-refractivity contribution in [2.75, 3.05) is 23.9 Å². The maximum Gasteiger partial charge on any atom is 0.404 e. The van der Waals surface area contributed by atoms with Crippen LogP contribution in [0.1, 0.15) is 11.4 Å². The second-order valence-electron chi connectivity index (χ2n) is 3.33. The Kier molecular flexibility index (Phi) is 4.46. The molecule has 17 heavy (non-hydrogen) atoms. The van der Waals surface area contributed by atoms with Gasteiger partial charge in [-0.3, -0.25) is 0 Å². The normalized spacial score (nSPS) is 9.82. The van der Waals surface area contributed by atoms with Gasteiger partial charge < -0.3 is 21.2 Å².